The first-order valence-electron chi connectivity index (χ1n) is 10.2. The number of rotatable bonds is 6. The van der Waals surface area contributed by atoms with Gasteiger partial charge < -0.3 is 10.1 Å². The van der Waals surface area contributed by atoms with Crippen molar-refractivity contribution in [2.45, 2.75) is 13.3 Å². The molecule has 2 heterocycles. The molecule has 2 aromatic carbocycles. The largest absolute Gasteiger partial charge is 0.379 e. The van der Waals surface area contributed by atoms with Gasteiger partial charge in [-0.1, -0.05) is 18.2 Å². The van der Waals surface area contributed by atoms with E-state index in [-0.39, 0.29) is 5.91 Å². The van der Waals surface area contributed by atoms with Crippen LogP contribution in [0.5, 0.6) is 0 Å². The van der Waals surface area contributed by atoms with Crippen molar-refractivity contribution < 1.29 is 9.53 Å². The Hall–Kier alpha value is -2.76. The highest BCUT2D eigenvalue weighted by Crippen LogP contribution is 2.27. The first-order chi connectivity index (χ1) is 14.2. The number of nitrogens with one attached hydrogen (secondary N) is 1. The average molecular weight is 389 g/mol. The molecule has 0 spiro atoms. The van der Waals surface area contributed by atoms with Crippen LogP contribution in [0.15, 0.2) is 54.7 Å². The molecule has 5 nitrogen and oxygen atoms in total. The monoisotopic (exact) mass is 389 g/mol. The Balaban J connectivity index is 1.41. The molecule has 4 rings (SSSR count). The van der Waals surface area contributed by atoms with E-state index in [0.29, 0.717) is 12.1 Å². The van der Waals surface area contributed by atoms with Gasteiger partial charge in [-0.25, -0.2) is 0 Å². The number of pyridine rings is 1. The van der Waals surface area contributed by atoms with Crippen LogP contribution in [0, 0.1) is 6.92 Å². The molecule has 0 atom stereocenters. The number of aromatic nitrogens is 1. The molecule has 1 aliphatic heterocycles. The number of hydrogen-bond donors (Lipinski definition) is 1. The van der Waals surface area contributed by atoms with E-state index in [1.54, 1.807) is 0 Å². The van der Waals surface area contributed by atoms with Gasteiger partial charge in [-0.2, -0.15) is 0 Å². The number of aryl methyl sites for hydroxylation is 1. The maximum Gasteiger partial charge on any atom is 0.251 e. The molecule has 1 N–H and O–H groups in total. The second kappa shape index (κ2) is 9.16. The van der Waals surface area contributed by atoms with Crippen molar-refractivity contribution >= 4 is 16.8 Å². The average Bonchev–Trinajstić information content (AvgIpc) is 2.77. The van der Waals surface area contributed by atoms with Gasteiger partial charge in [-0.05, 0) is 66.9 Å². The fourth-order valence-electron chi connectivity index (χ4n) is 3.81. The Morgan fingerprint density at radius 1 is 1.10 bits per heavy atom. The van der Waals surface area contributed by atoms with Crippen LogP contribution >= 0.6 is 0 Å². The molecule has 1 aliphatic rings. The van der Waals surface area contributed by atoms with Crippen molar-refractivity contribution in [3.63, 3.8) is 0 Å². The van der Waals surface area contributed by atoms with Crippen molar-refractivity contribution in [2.24, 2.45) is 0 Å². The maximum atomic E-state index is 12.6. The van der Waals surface area contributed by atoms with Gasteiger partial charge in [-0.3, -0.25) is 14.7 Å². The summed E-state index contributed by atoms with van der Waals surface area (Å²) < 4.78 is 5.37. The van der Waals surface area contributed by atoms with E-state index in [4.69, 9.17) is 4.74 Å². The van der Waals surface area contributed by atoms with Crippen molar-refractivity contribution in [3.05, 3.63) is 65.9 Å². The molecule has 150 valence electrons. The van der Waals surface area contributed by atoms with Crippen LogP contribution in [0.4, 0.5) is 0 Å². The Morgan fingerprint density at radius 3 is 2.83 bits per heavy atom. The summed E-state index contributed by atoms with van der Waals surface area (Å²) in [6, 6.07) is 16.1. The van der Waals surface area contributed by atoms with Crippen LogP contribution in [-0.4, -0.2) is 55.2 Å². The minimum absolute atomic E-state index is 0.0204. The number of fused-ring (bicyclic) bond motifs is 1. The molecular formula is C24H27N3O2. The Kier molecular flexibility index (Phi) is 6.17. The van der Waals surface area contributed by atoms with Crippen LogP contribution in [0.2, 0.25) is 0 Å². The predicted octanol–water partition coefficient (Wildman–Crippen LogP) is 3.66. The standard InChI is InChI=1S/C24H27N3O2/c1-18-15-22(17-20-7-3-8-25-23(18)20)19-5-2-6-21(16-19)24(28)26-9-4-10-27-11-13-29-14-12-27/h2-3,5-8,15-17H,4,9-14H2,1H3,(H,26,28). The molecule has 0 unspecified atom stereocenters. The molecule has 5 heteroatoms. The molecule has 0 bridgehead atoms. The van der Waals surface area contributed by atoms with E-state index in [0.717, 1.165) is 66.9 Å². The highest BCUT2D eigenvalue weighted by molar-refractivity contribution is 5.96. The van der Waals surface area contributed by atoms with Crippen molar-refractivity contribution in [3.8, 4) is 11.1 Å². The van der Waals surface area contributed by atoms with Gasteiger partial charge in [0.15, 0.2) is 0 Å². The number of amides is 1. The van der Waals surface area contributed by atoms with Crippen LogP contribution in [0.1, 0.15) is 22.3 Å². The molecule has 0 saturated carbocycles. The molecule has 0 aliphatic carbocycles. The lowest BCUT2D eigenvalue weighted by molar-refractivity contribution is 0.0374. The number of morpholine rings is 1. The second-order valence-corrected chi connectivity index (χ2v) is 7.51. The highest BCUT2D eigenvalue weighted by atomic mass is 16.5. The SMILES string of the molecule is Cc1cc(-c2cccc(C(=O)NCCCN3CCOCC3)c2)cc2cccnc12. The second-order valence-electron chi connectivity index (χ2n) is 7.51. The van der Waals surface area contributed by atoms with Crippen LogP contribution in [0.3, 0.4) is 0 Å². The van der Waals surface area contributed by atoms with Crippen molar-refractivity contribution in [1.82, 2.24) is 15.2 Å². The first-order valence-corrected chi connectivity index (χ1v) is 10.2. The summed E-state index contributed by atoms with van der Waals surface area (Å²) in [6.07, 6.45) is 2.77. The molecule has 0 radical (unpaired) electrons. The molecule has 29 heavy (non-hydrogen) atoms. The van der Waals surface area contributed by atoms with Gasteiger partial charge in [0.1, 0.15) is 0 Å². The van der Waals surface area contributed by atoms with Gasteiger partial charge in [-0.15, -0.1) is 0 Å². The zero-order chi connectivity index (χ0) is 20.1. The fraction of sp³-hybridized carbons (Fsp3) is 0.333. The summed E-state index contributed by atoms with van der Waals surface area (Å²) in [5, 5.41) is 4.16. The highest BCUT2D eigenvalue weighted by Gasteiger charge is 2.11. The maximum absolute atomic E-state index is 12.6. The van der Waals surface area contributed by atoms with Gasteiger partial charge in [0.2, 0.25) is 0 Å². The zero-order valence-corrected chi connectivity index (χ0v) is 16.9. The van der Waals surface area contributed by atoms with Gasteiger partial charge in [0.25, 0.3) is 5.91 Å². The molecule has 1 amide bonds. The van der Waals surface area contributed by atoms with Crippen LogP contribution in [0.25, 0.3) is 22.0 Å². The van der Waals surface area contributed by atoms with Gasteiger partial charge >= 0.3 is 0 Å². The molecule has 3 aromatic rings. The summed E-state index contributed by atoms with van der Waals surface area (Å²) in [7, 11) is 0. The van der Waals surface area contributed by atoms with Gasteiger partial charge in [0.05, 0.1) is 18.7 Å². The summed E-state index contributed by atoms with van der Waals surface area (Å²) >= 11 is 0. The Labute approximate surface area is 171 Å². The molecule has 1 aromatic heterocycles. The number of hydrogen-bond acceptors (Lipinski definition) is 4. The van der Waals surface area contributed by atoms with E-state index < -0.39 is 0 Å². The molecular weight excluding hydrogens is 362 g/mol. The van der Waals surface area contributed by atoms with E-state index in [9.17, 15) is 4.79 Å². The van der Waals surface area contributed by atoms with E-state index >= 15 is 0 Å². The van der Waals surface area contributed by atoms with E-state index in [1.807, 2.05) is 36.5 Å². The minimum Gasteiger partial charge on any atom is -0.379 e. The lowest BCUT2D eigenvalue weighted by atomic mass is 9.98. The number of nitrogens with zero attached hydrogens (tertiary/aromatic N) is 2. The van der Waals surface area contributed by atoms with Crippen molar-refractivity contribution in [2.75, 3.05) is 39.4 Å². The van der Waals surface area contributed by atoms with Gasteiger partial charge in [0, 0.05) is 36.8 Å². The lowest BCUT2D eigenvalue weighted by Crippen LogP contribution is -2.38. The smallest absolute Gasteiger partial charge is 0.251 e. The lowest BCUT2D eigenvalue weighted by Gasteiger charge is -2.26. The normalized spacial score (nSPS) is 14.8. The fourth-order valence-corrected chi connectivity index (χ4v) is 3.81. The third kappa shape index (κ3) is 4.81. The van der Waals surface area contributed by atoms with E-state index in [2.05, 4.69) is 40.3 Å². The third-order valence-corrected chi connectivity index (χ3v) is 5.39. The molecule has 1 saturated heterocycles. The number of benzene rings is 2. The van der Waals surface area contributed by atoms with Crippen LogP contribution < -0.4 is 5.32 Å². The number of carbonyl (C=O) groups excluding carboxylic acids is 1. The van der Waals surface area contributed by atoms with Crippen LogP contribution in [-0.2, 0) is 4.74 Å². The Morgan fingerprint density at radius 2 is 1.97 bits per heavy atom. The first kappa shape index (κ1) is 19.6. The summed E-state index contributed by atoms with van der Waals surface area (Å²) in [5.41, 5.74) is 4.99. The zero-order valence-electron chi connectivity index (χ0n) is 16.9. The topological polar surface area (TPSA) is 54.5 Å². The quantitative estimate of drug-likeness (QED) is 0.654. The minimum atomic E-state index is -0.0204. The van der Waals surface area contributed by atoms with E-state index in [1.165, 1.54) is 0 Å². The number of carbonyl (C=O) groups is 1. The predicted molar refractivity (Wildman–Crippen MR) is 116 cm³/mol. The summed E-state index contributed by atoms with van der Waals surface area (Å²) in [5.74, 6) is -0.0204. The summed E-state index contributed by atoms with van der Waals surface area (Å²) in [4.78, 5) is 19.4. The summed E-state index contributed by atoms with van der Waals surface area (Å²) in [6.45, 7) is 7.33. The van der Waals surface area contributed by atoms with Crippen molar-refractivity contribution in [1.29, 1.82) is 0 Å². The number of ether oxygens (including phenoxy) is 1. The third-order valence-electron chi connectivity index (χ3n) is 5.39. The Bertz CT molecular complexity index is 996. The molecule has 1 fully saturated rings.